The molecule has 106 valence electrons. The summed E-state index contributed by atoms with van der Waals surface area (Å²) < 4.78 is 15.1. The molecule has 2 rings (SSSR count). The molecule has 20 heavy (non-hydrogen) atoms. The van der Waals surface area contributed by atoms with Gasteiger partial charge in [0.2, 0.25) is 0 Å². The fourth-order valence-electron chi connectivity index (χ4n) is 1.49. The number of hydrogen-bond donors (Lipinski definition) is 1. The van der Waals surface area contributed by atoms with E-state index >= 15 is 0 Å². The van der Waals surface area contributed by atoms with E-state index in [1.807, 2.05) is 0 Å². The first kappa shape index (κ1) is 13.9. The summed E-state index contributed by atoms with van der Waals surface area (Å²) in [5.74, 6) is -0.0696. The van der Waals surface area contributed by atoms with Gasteiger partial charge in [-0.2, -0.15) is 4.68 Å². The Morgan fingerprint density at radius 2 is 2.25 bits per heavy atom. The number of nitrogens with one attached hydrogen (secondary N) is 1. The molecule has 1 aromatic heterocycles. The van der Waals surface area contributed by atoms with Crippen molar-refractivity contribution in [3.8, 4) is 5.69 Å². The highest BCUT2D eigenvalue weighted by molar-refractivity contribution is 5.88. The predicted molar refractivity (Wildman–Crippen MR) is 67.6 cm³/mol. The summed E-state index contributed by atoms with van der Waals surface area (Å²) in [7, 11) is 2.81. The third kappa shape index (κ3) is 2.72. The van der Waals surface area contributed by atoms with E-state index in [0.29, 0.717) is 11.5 Å². The molecule has 0 unspecified atom stereocenters. The lowest BCUT2D eigenvalue weighted by Gasteiger charge is -2.15. The fourth-order valence-corrected chi connectivity index (χ4v) is 1.49. The van der Waals surface area contributed by atoms with Crippen molar-refractivity contribution in [3.63, 3.8) is 0 Å². The van der Waals surface area contributed by atoms with Crippen LogP contribution in [0.25, 0.3) is 5.69 Å². The molecule has 9 heteroatoms. The maximum absolute atomic E-state index is 13.8. The predicted octanol–water partition coefficient (Wildman–Crippen LogP) is 1.13. The summed E-state index contributed by atoms with van der Waals surface area (Å²) in [6.45, 7) is 1.64. The molecule has 1 heterocycles. The third-order valence-corrected chi connectivity index (χ3v) is 2.61. The molecule has 1 N–H and O–H groups in total. The normalized spacial score (nSPS) is 10.4. The number of hydroxylamine groups is 2. The number of carbonyl (C=O) groups is 1. The van der Waals surface area contributed by atoms with Crippen LogP contribution in [-0.2, 0) is 4.84 Å². The maximum Gasteiger partial charge on any atom is 0.345 e. The van der Waals surface area contributed by atoms with E-state index in [4.69, 9.17) is 4.84 Å². The molecule has 8 nitrogen and oxygen atoms in total. The average Bonchev–Trinajstić information content (AvgIpc) is 2.86. The molecule has 0 saturated heterocycles. The second kappa shape index (κ2) is 5.61. The van der Waals surface area contributed by atoms with Gasteiger partial charge in [0.15, 0.2) is 5.82 Å². The van der Waals surface area contributed by atoms with Crippen molar-refractivity contribution in [2.75, 3.05) is 19.5 Å². The zero-order valence-corrected chi connectivity index (χ0v) is 11.2. The fraction of sp³-hybridized carbons (Fsp3) is 0.273. The Balaban J connectivity index is 2.30. The molecule has 2 amide bonds. The number of amides is 2. The number of carbonyl (C=O) groups excluding carboxylic acids is 1. The van der Waals surface area contributed by atoms with Crippen molar-refractivity contribution < 1.29 is 14.0 Å². The van der Waals surface area contributed by atoms with E-state index in [1.165, 1.54) is 37.0 Å². The zero-order valence-electron chi connectivity index (χ0n) is 11.2. The van der Waals surface area contributed by atoms with Gasteiger partial charge in [-0.3, -0.25) is 4.84 Å². The molecule has 0 fully saturated rings. The van der Waals surface area contributed by atoms with Crippen molar-refractivity contribution >= 4 is 11.7 Å². The molecule has 0 aliphatic heterocycles. The Kier molecular flexibility index (Phi) is 3.89. The van der Waals surface area contributed by atoms with Crippen LogP contribution in [0.5, 0.6) is 0 Å². The zero-order chi connectivity index (χ0) is 14.7. The second-order valence-corrected chi connectivity index (χ2v) is 3.91. The number of benzene rings is 1. The van der Waals surface area contributed by atoms with E-state index in [0.717, 1.165) is 5.06 Å². The Labute approximate surface area is 114 Å². The molecular weight excluding hydrogens is 267 g/mol. The Morgan fingerprint density at radius 1 is 1.50 bits per heavy atom. The minimum Gasteiger partial charge on any atom is -0.306 e. The van der Waals surface area contributed by atoms with Crippen molar-refractivity contribution in [1.29, 1.82) is 0 Å². The lowest BCUT2D eigenvalue weighted by molar-refractivity contribution is -0.0598. The number of aromatic nitrogens is 4. The van der Waals surface area contributed by atoms with Crippen LogP contribution < -0.4 is 5.32 Å². The highest BCUT2D eigenvalue weighted by Gasteiger charge is 2.13. The van der Waals surface area contributed by atoms with Crippen LogP contribution in [0.15, 0.2) is 18.2 Å². The van der Waals surface area contributed by atoms with Gasteiger partial charge >= 0.3 is 6.03 Å². The molecular formula is C11H13FN6O2. The van der Waals surface area contributed by atoms with Crippen LogP contribution in [0.4, 0.5) is 14.9 Å². The first-order chi connectivity index (χ1) is 9.52. The molecule has 0 bridgehead atoms. The molecule has 1 aromatic carbocycles. The van der Waals surface area contributed by atoms with Crippen LogP contribution in [0.1, 0.15) is 5.82 Å². The number of hydrogen-bond acceptors (Lipinski definition) is 5. The first-order valence-electron chi connectivity index (χ1n) is 5.66. The number of halogens is 1. The molecule has 2 aromatic rings. The summed E-state index contributed by atoms with van der Waals surface area (Å²) in [6.07, 6.45) is 0. The smallest absolute Gasteiger partial charge is 0.306 e. The van der Waals surface area contributed by atoms with Crippen LogP contribution in [0.2, 0.25) is 0 Å². The van der Waals surface area contributed by atoms with Gasteiger partial charge in [-0.05, 0) is 35.5 Å². The van der Waals surface area contributed by atoms with Crippen molar-refractivity contribution in [2.45, 2.75) is 6.92 Å². The number of anilines is 1. The Bertz CT molecular complexity index is 629. The van der Waals surface area contributed by atoms with Crippen molar-refractivity contribution in [2.24, 2.45) is 0 Å². The number of nitrogens with zero attached hydrogens (tertiary/aromatic N) is 5. The standard InChI is InChI=1S/C11H13FN6O2/c1-7-14-15-16-18(7)10-6-8(4-5-9(10)12)13-11(19)17(2)20-3/h4-6H,1-3H3,(H,13,19). The highest BCUT2D eigenvalue weighted by atomic mass is 19.1. The van der Waals surface area contributed by atoms with E-state index in [1.54, 1.807) is 6.92 Å². The summed E-state index contributed by atoms with van der Waals surface area (Å²) in [6, 6.07) is 3.59. The second-order valence-electron chi connectivity index (χ2n) is 3.91. The minimum absolute atomic E-state index is 0.144. The number of aryl methyl sites for hydroxylation is 1. The largest absolute Gasteiger partial charge is 0.345 e. The molecule has 0 atom stereocenters. The Hall–Kier alpha value is -2.55. The Morgan fingerprint density at radius 3 is 2.85 bits per heavy atom. The highest BCUT2D eigenvalue weighted by Crippen LogP contribution is 2.19. The maximum atomic E-state index is 13.8. The SMILES string of the molecule is CON(C)C(=O)Nc1ccc(F)c(-n2nnnc2C)c1. The van der Waals surface area contributed by atoms with Crippen LogP contribution in [-0.4, -0.2) is 45.5 Å². The quantitative estimate of drug-likeness (QED) is 0.852. The minimum atomic E-state index is -0.501. The lowest BCUT2D eigenvalue weighted by atomic mass is 10.2. The van der Waals surface area contributed by atoms with Crippen LogP contribution >= 0.6 is 0 Å². The van der Waals surface area contributed by atoms with E-state index in [2.05, 4.69) is 20.8 Å². The van der Waals surface area contributed by atoms with Gasteiger partial charge in [0.1, 0.15) is 11.5 Å². The van der Waals surface area contributed by atoms with Crippen molar-refractivity contribution in [3.05, 3.63) is 29.8 Å². The summed E-state index contributed by atoms with van der Waals surface area (Å²) in [5.41, 5.74) is 0.538. The van der Waals surface area contributed by atoms with E-state index in [-0.39, 0.29) is 5.69 Å². The monoisotopic (exact) mass is 280 g/mol. The van der Waals surface area contributed by atoms with Gasteiger partial charge in [0, 0.05) is 12.7 Å². The number of tetrazole rings is 1. The van der Waals surface area contributed by atoms with E-state index in [9.17, 15) is 9.18 Å². The molecule has 0 radical (unpaired) electrons. The molecule has 0 aliphatic rings. The molecule has 0 saturated carbocycles. The van der Waals surface area contributed by atoms with Gasteiger partial charge in [0.05, 0.1) is 7.11 Å². The van der Waals surface area contributed by atoms with Gasteiger partial charge in [0.25, 0.3) is 0 Å². The van der Waals surface area contributed by atoms with Gasteiger partial charge in [-0.15, -0.1) is 5.10 Å². The van der Waals surface area contributed by atoms with Crippen LogP contribution in [0.3, 0.4) is 0 Å². The van der Waals surface area contributed by atoms with Gasteiger partial charge < -0.3 is 5.32 Å². The summed E-state index contributed by atoms with van der Waals surface area (Å²) in [4.78, 5) is 16.4. The molecule has 0 spiro atoms. The topological polar surface area (TPSA) is 85.2 Å². The third-order valence-electron chi connectivity index (χ3n) is 2.61. The average molecular weight is 280 g/mol. The summed E-state index contributed by atoms with van der Waals surface area (Å²) >= 11 is 0. The number of urea groups is 1. The van der Waals surface area contributed by atoms with E-state index < -0.39 is 11.8 Å². The molecule has 0 aliphatic carbocycles. The van der Waals surface area contributed by atoms with Crippen molar-refractivity contribution in [1.82, 2.24) is 25.3 Å². The summed E-state index contributed by atoms with van der Waals surface area (Å²) in [5, 5.41) is 14.4. The van der Waals surface area contributed by atoms with Gasteiger partial charge in [-0.1, -0.05) is 0 Å². The van der Waals surface area contributed by atoms with Crippen LogP contribution in [0, 0.1) is 12.7 Å². The first-order valence-corrected chi connectivity index (χ1v) is 5.66. The van der Waals surface area contributed by atoms with Gasteiger partial charge in [-0.25, -0.2) is 14.2 Å². The number of rotatable bonds is 3. The lowest BCUT2D eigenvalue weighted by Crippen LogP contribution is -2.30.